The molecule has 0 aliphatic carbocycles. The van der Waals surface area contributed by atoms with Crippen molar-refractivity contribution in [3.8, 4) is 33.4 Å². The molecule has 1 aliphatic heterocycles. The lowest BCUT2D eigenvalue weighted by Gasteiger charge is -2.40. The Balaban J connectivity index is 1.04. The SMILES string of the molecule is CC1(C)c2cc(-c3ccc(N(c4ccc(-c5ccccc5)cc4)c4ccc(-c5ccccc5)cc4)cc3)ccc2N(c2ccccc2)c2c1sc1ccccc21. The molecule has 0 amide bonds. The molecule has 10 rings (SSSR count). The summed E-state index contributed by atoms with van der Waals surface area (Å²) in [5.41, 5.74) is 15.5. The number of benzene rings is 8. The third-order valence-electron chi connectivity index (χ3n) is 11.2. The second-order valence-corrected chi connectivity index (χ2v) is 16.1. The Morgan fingerprint density at radius 1 is 0.429 bits per heavy atom. The molecule has 8 aromatic carbocycles. The van der Waals surface area contributed by atoms with Crippen molar-refractivity contribution in [3.63, 3.8) is 0 Å². The quantitative estimate of drug-likeness (QED) is 0.161. The monoisotopic (exact) mass is 736 g/mol. The van der Waals surface area contributed by atoms with Gasteiger partial charge in [-0.2, -0.15) is 0 Å². The van der Waals surface area contributed by atoms with Crippen LogP contribution in [-0.4, -0.2) is 0 Å². The Morgan fingerprint density at radius 3 is 1.39 bits per heavy atom. The van der Waals surface area contributed by atoms with Crippen LogP contribution in [0, 0.1) is 0 Å². The molecular weight excluding hydrogens is 697 g/mol. The molecule has 0 radical (unpaired) electrons. The van der Waals surface area contributed by atoms with Gasteiger partial charge in [0.2, 0.25) is 0 Å². The van der Waals surface area contributed by atoms with Crippen LogP contribution >= 0.6 is 11.3 Å². The smallest absolute Gasteiger partial charge is 0.0688 e. The van der Waals surface area contributed by atoms with Crippen LogP contribution in [0.15, 0.2) is 206 Å². The second-order valence-electron chi connectivity index (χ2n) is 15.0. The van der Waals surface area contributed by atoms with E-state index in [1.807, 2.05) is 11.3 Å². The van der Waals surface area contributed by atoms with Gasteiger partial charge in [0.1, 0.15) is 0 Å². The van der Waals surface area contributed by atoms with E-state index in [2.05, 4.69) is 230 Å². The first-order valence-corrected chi connectivity index (χ1v) is 20.1. The Labute approximate surface area is 333 Å². The van der Waals surface area contributed by atoms with E-state index in [0.717, 1.165) is 17.1 Å². The zero-order valence-corrected chi connectivity index (χ0v) is 32.2. The molecule has 0 N–H and O–H groups in total. The number of anilines is 6. The maximum atomic E-state index is 2.48. The molecule has 0 saturated heterocycles. The first-order chi connectivity index (χ1) is 27.5. The summed E-state index contributed by atoms with van der Waals surface area (Å²) in [5, 5.41) is 1.31. The van der Waals surface area contributed by atoms with E-state index in [1.165, 1.54) is 71.0 Å². The molecule has 0 saturated carbocycles. The zero-order chi connectivity index (χ0) is 37.6. The average molecular weight is 737 g/mol. The molecule has 3 heteroatoms. The zero-order valence-electron chi connectivity index (χ0n) is 31.4. The molecule has 0 spiro atoms. The number of fused-ring (bicyclic) bond motifs is 4. The Bertz CT molecular complexity index is 2700. The van der Waals surface area contributed by atoms with E-state index in [4.69, 9.17) is 0 Å². The minimum absolute atomic E-state index is 0.176. The van der Waals surface area contributed by atoms with Gasteiger partial charge in [0.15, 0.2) is 0 Å². The van der Waals surface area contributed by atoms with E-state index >= 15 is 0 Å². The summed E-state index contributed by atoms with van der Waals surface area (Å²) in [6.45, 7) is 4.78. The van der Waals surface area contributed by atoms with Crippen molar-refractivity contribution < 1.29 is 0 Å². The van der Waals surface area contributed by atoms with Gasteiger partial charge in [-0.1, -0.05) is 153 Å². The highest BCUT2D eigenvalue weighted by Crippen LogP contribution is 2.58. The van der Waals surface area contributed by atoms with Crippen LogP contribution in [0.1, 0.15) is 24.3 Å². The molecule has 1 aliphatic rings. The molecule has 0 unspecified atom stereocenters. The summed E-state index contributed by atoms with van der Waals surface area (Å²) in [6.07, 6.45) is 0. The predicted octanol–water partition coefficient (Wildman–Crippen LogP) is 15.5. The summed E-state index contributed by atoms with van der Waals surface area (Å²) < 4.78 is 1.32. The van der Waals surface area contributed by atoms with Crippen LogP contribution in [0.5, 0.6) is 0 Å². The lowest BCUT2D eigenvalue weighted by atomic mass is 9.77. The van der Waals surface area contributed by atoms with Crippen molar-refractivity contribution in [3.05, 3.63) is 217 Å². The number of hydrogen-bond acceptors (Lipinski definition) is 3. The van der Waals surface area contributed by atoms with Crippen molar-refractivity contribution in [1.29, 1.82) is 0 Å². The predicted molar refractivity (Wildman–Crippen MR) is 240 cm³/mol. The molecule has 268 valence electrons. The van der Waals surface area contributed by atoms with Gasteiger partial charge in [0, 0.05) is 43.1 Å². The first kappa shape index (κ1) is 33.9. The Kier molecular flexibility index (Phi) is 8.39. The summed E-state index contributed by atoms with van der Waals surface area (Å²) in [4.78, 5) is 6.23. The first-order valence-electron chi connectivity index (χ1n) is 19.3. The van der Waals surface area contributed by atoms with E-state index in [9.17, 15) is 0 Å². The molecule has 0 fully saturated rings. The third-order valence-corrected chi connectivity index (χ3v) is 12.7. The molecule has 0 atom stereocenters. The normalized spacial score (nSPS) is 12.9. The van der Waals surface area contributed by atoms with Gasteiger partial charge < -0.3 is 9.80 Å². The van der Waals surface area contributed by atoms with Crippen LogP contribution in [0.4, 0.5) is 34.1 Å². The fourth-order valence-electron chi connectivity index (χ4n) is 8.29. The Hall–Kier alpha value is -6.68. The van der Waals surface area contributed by atoms with Gasteiger partial charge in [-0.05, 0) is 106 Å². The molecule has 1 aromatic heterocycles. The number of thiophene rings is 1. The van der Waals surface area contributed by atoms with E-state index < -0.39 is 0 Å². The number of nitrogens with zero attached hydrogens (tertiary/aromatic N) is 2. The number of hydrogen-bond donors (Lipinski definition) is 0. The van der Waals surface area contributed by atoms with Crippen LogP contribution in [0.25, 0.3) is 43.5 Å². The highest BCUT2D eigenvalue weighted by atomic mass is 32.1. The van der Waals surface area contributed by atoms with E-state index in [1.54, 1.807) is 0 Å². The summed E-state index contributed by atoms with van der Waals surface area (Å²) in [7, 11) is 0. The fraction of sp³-hybridized carbons (Fsp3) is 0.0566. The molecular formula is C53H40N2S. The minimum Gasteiger partial charge on any atom is -0.311 e. The highest BCUT2D eigenvalue weighted by Gasteiger charge is 2.40. The largest absolute Gasteiger partial charge is 0.311 e. The van der Waals surface area contributed by atoms with Crippen LogP contribution in [0.3, 0.4) is 0 Å². The van der Waals surface area contributed by atoms with Crippen molar-refractivity contribution in [2.45, 2.75) is 19.3 Å². The number of rotatable bonds is 7. The van der Waals surface area contributed by atoms with Crippen molar-refractivity contribution in [2.24, 2.45) is 0 Å². The lowest BCUT2D eigenvalue weighted by Crippen LogP contribution is -2.29. The van der Waals surface area contributed by atoms with E-state index in [-0.39, 0.29) is 5.41 Å². The lowest BCUT2D eigenvalue weighted by molar-refractivity contribution is 0.648. The third kappa shape index (κ3) is 5.89. The van der Waals surface area contributed by atoms with Crippen molar-refractivity contribution >= 4 is 55.5 Å². The van der Waals surface area contributed by atoms with Crippen LogP contribution in [0.2, 0.25) is 0 Å². The summed E-state index contributed by atoms with van der Waals surface area (Å²) >= 11 is 1.92. The van der Waals surface area contributed by atoms with Crippen molar-refractivity contribution in [2.75, 3.05) is 9.80 Å². The molecule has 2 heterocycles. The van der Waals surface area contributed by atoms with Gasteiger partial charge >= 0.3 is 0 Å². The second kappa shape index (κ2) is 13.9. The van der Waals surface area contributed by atoms with Gasteiger partial charge in [-0.25, -0.2) is 0 Å². The number of para-hydroxylation sites is 1. The maximum Gasteiger partial charge on any atom is 0.0688 e. The van der Waals surface area contributed by atoms with Crippen LogP contribution in [-0.2, 0) is 5.41 Å². The molecule has 56 heavy (non-hydrogen) atoms. The van der Waals surface area contributed by atoms with Gasteiger partial charge in [0.25, 0.3) is 0 Å². The van der Waals surface area contributed by atoms with Crippen LogP contribution < -0.4 is 9.80 Å². The topological polar surface area (TPSA) is 6.48 Å². The molecule has 9 aromatic rings. The van der Waals surface area contributed by atoms with Gasteiger partial charge in [0.05, 0.1) is 11.4 Å². The Morgan fingerprint density at radius 2 is 0.857 bits per heavy atom. The minimum atomic E-state index is -0.176. The van der Waals surface area contributed by atoms with Gasteiger partial charge in [-0.15, -0.1) is 11.3 Å². The molecule has 2 nitrogen and oxygen atoms in total. The summed E-state index contributed by atoms with van der Waals surface area (Å²) in [6, 6.07) is 74.7. The fourth-order valence-corrected chi connectivity index (χ4v) is 9.60. The standard InChI is InChI=1S/C53H40N2S/c1-53(2)48-36-42(28-35-49(48)55(43-18-10-5-11-19-43)51-47-20-12-13-21-50(47)56-52(51)53)41-26-33-46(34-27-41)54(44-29-22-39(23-30-44)37-14-6-3-7-15-37)45-31-24-40(25-32-45)38-16-8-4-9-17-38/h3-36H,1-2H3. The van der Waals surface area contributed by atoms with Crippen molar-refractivity contribution in [1.82, 2.24) is 0 Å². The van der Waals surface area contributed by atoms with E-state index in [0.29, 0.717) is 0 Å². The summed E-state index contributed by atoms with van der Waals surface area (Å²) in [5.74, 6) is 0. The maximum absolute atomic E-state index is 2.48. The highest BCUT2D eigenvalue weighted by molar-refractivity contribution is 7.20. The van der Waals surface area contributed by atoms with Gasteiger partial charge in [-0.3, -0.25) is 0 Å². The molecule has 0 bridgehead atoms. The average Bonchev–Trinajstić information content (AvgIpc) is 3.66.